The molecule has 0 heterocycles. The molecule has 68 valence electrons. The minimum atomic E-state index is -2.35. The molecule has 0 saturated carbocycles. The third kappa shape index (κ3) is 3.46. The molecule has 2 heteroatoms. The van der Waals surface area contributed by atoms with E-state index in [1.807, 2.05) is 20.8 Å². The number of hydrogen-bond acceptors (Lipinski definition) is 0. The van der Waals surface area contributed by atoms with Crippen LogP contribution in [0.25, 0.3) is 0 Å². The zero-order chi connectivity index (χ0) is 9.56. The Balaban J connectivity index is 0.000000561. The van der Waals surface area contributed by atoms with Crippen molar-refractivity contribution in [1.29, 1.82) is 0 Å². The molecule has 0 N–H and O–H groups in total. The van der Waals surface area contributed by atoms with Crippen LogP contribution < -0.4 is 0 Å². The van der Waals surface area contributed by atoms with Gasteiger partial charge in [-0.05, 0) is 6.92 Å². The summed E-state index contributed by atoms with van der Waals surface area (Å²) >= 11 is 0. The van der Waals surface area contributed by atoms with E-state index in [2.05, 4.69) is 0 Å². The highest BCUT2D eigenvalue weighted by molar-refractivity contribution is 5.21. The molecule has 1 aromatic carbocycles. The smallest absolute Gasteiger partial charge is 0.205 e. The lowest BCUT2D eigenvalue weighted by molar-refractivity contribution is 0.151. The van der Waals surface area contributed by atoms with Gasteiger partial charge in [-0.25, -0.2) is 8.78 Å². The second-order valence-electron chi connectivity index (χ2n) is 2.21. The molecular formula is C10H14F2. The van der Waals surface area contributed by atoms with Crippen LogP contribution in [0.2, 0.25) is 0 Å². The number of benzene rings is 1. The van der Waals surface area contributed by atoms with E-state index in [-0.39, 0.29) is 5.56 Å². The number of alkyl halides is 2. The van der Waals surface area contributed by atoms with Gasteiger partial charge in [-0.1, -0.05) is 43.7 Å². The average molecular weight is 172 g/mol. The Labute approximate surface area is 72.2 Å². The van der Waals surface area contributed by atoms with Crippen LogP contribution >= 0.6 is 0 Å². The van der Waals surface area contributed by atoms with Crippen molar-refractivity contribution in [3.63, 3.8) is 0 Å². The van der Waals surface area contributed by atoms with Gasteiger partial charge in [0.2, 0.25) is 0 Å². The second kappa shape index (κ2) is 5.70. The predicted octanol–water partition coefficient (Wildman–Crippen LogP) is 3.96. The van der Waals surface area contributed by atoms with E-state index in [1.165, 1.54) is 12.1 Å². The van der Waals surface area contributed by atoms with Crippen molar-refractivity contribution in [2.75, 3.05) is 0 Å². The fourth-order valence-corrected chi connectivity index (χ4v) is 0.712. The lowest BCUT2D eigenvalue weighted by Crippen LogP contribution is -1.82. The third-order valence-corrected chi connectivity index (χ3v) is 1.33. The molecule has 0 bridgehead atoms. The molecule has 0 aliphatic rings. The van der Waals surface area contributed by atoms with Crippen molar-refractivity contribution in [1.82, 2.24) is 0 Å². The number of halogens is 2. The van der Waals surface area contributed by atoms with E-state index in [0.717, 1.165) is 5.56 Å². The quantitative estimate of drug-likeness (QED) is 0.601. The van der Waals surface area contributed by atoms with E-state index in [0.29, 0.717) is 0 Å². The lowest BCUT2D eigenvalue weighted by atomic mass is 10.2. The molecule has 1 rings (SSSR count). The van der Waals surface area contributed by atoms with Crippen LogP contribution in [-0.2, 0) is 0 Å². The largest absolute Gasteiger partial charge is 0.263 e. The first-order chi connectivity index (χ1) is 5.70. The number of aryl methyl sites for hydroxylation is 1. The van der Waals surface area contributed by atoms with Gasteiger partial charge in [0.05, 0.1) is 0 Å². The Morgan fingerprint density at radius 1 is 1.00 bits per heavy atom. The first-order valence-electron chi connectivity index (χ1n) is 4.05. The van der Waals surface area contributed by atoms with E-state index >= 15 is 0 Å². The van der Waals surface area contributed by atoms with Crippen LogP contribution in [0.15, 0.2) is 24.3 Å². The summed E-state index contributed by atoms with van der Waals surface area (Å²) in [5.74, 6) is 0. The molecule has 0 amide bonds. The van der Waals surface area contributed by atoms with Crippen molar-refractivity contribution in [3.05, 3.63) is 35.4 Å². The molecule has 0 radical (unpaired) electrons. The van der Waals surface area contributed by atoms with Gasteiger partial charge in [-0.2, -0.15) is 0 Å². The summed E-state index contributed by atoms with van der Waals surface area (Å²) in [7, 11) is 0. The number of hydrogen-bond donors (Lipinski definition) is 0. The summed E-state index contributed by atoms with van der Waals surface area (Å²) in [5.41, 5.74) is 1.09. The summed E-state index contributed by atoms with van der Waals surface area (Å²) in [5, 5.41) is 0. The topological polar surface area (TPSA) is 0 Å². The third-order valence-electron chi connectivity index (χ3n) is 1.33. The predicted molar refractivity (Wildman–Crippen MR) is 47.5 cm³/mol. The minimum Gasteiger partial charge on any atom is -0.205 e. The molecule has 0 unspecified atom stereocenters. The molecular weight excluding hydrogens is 158 g/mol. The molecule has 0 aromatic heterocycles. The van der Waals surface area contributed by atoms with E-state index in [1.54, 1.807) is 12.1 Å². The maximum Gasteiger partial charge on any atom is 0.263 e. The zero-order valence-electron chi connectivity index (χ0n) is 7.64. The Morgan fingerprint density at radius 3 is 1.75 bits per heavy atom. The van der Waals surface area contributed by atoms with Gasteiger partial charge in [0.25, 0.3) is 6.43 Å². The van der Waals surface area contributed by atoms with Gasteiger partial charge in [0, 0.05) is 5.56 Å². The minimum absolute atomic E-state index is 0.0885. The average Bonchev–Trinajstić information content (AvgIpc) is 2.09. The maximum atomic E-state index is 11.9. The van der Waals surface area contributed by atoms with Gasteiger partial charge >= 0.3 is 0 Å². The second-order valence-corrected chi connectivity index (χ2v) is 2.21. The Kier molecular flexibility index (Phi) is 5.26. The van der Waals surface area contributed by atoms with Gasteiger partial charge in [-0.3, -0.25) is 0 Å². The molecule has 0 aliphatic carbocycles. The standard InChI is InChI=1S/C8H8F2.C2H6/c1-6-2-4-7(5-3-6)8(9)10;1-2/h2-5,8H,1H3;1-2H3. The number of rotatable bonds is 1. The van der Waals surface area contributed by atoms with Crippen molar-refractivity contribution in [2.24, 2.45) is 0 Å². The van der Waals surface area contributed by atoms with Crippen molar-refractivity contribution in [2.45, 2.75) is 27.2 Å². The van der Waals surface area contributed by atoms with Crippen LogP contribution in [-0.4, -0.2) is 0 Å². The van der Waals surface area contributed by atoms with E-state index in [4.69, 9.17) is 0 Å². The van der Waals surface area contributed by atoms with E-state index < -0.39 is 6.43 Å². The van der Waals surface area contributed by atoms with Gasteiger partial charge < -0.3 is 0 Å². The fraction of sp³-hybridized carbons (Fsp3) is 0.400. The summed E-state index contributed by atoms with van der Waals surface area (Å²) in [6.45, 7) is 5.87. The van der Waals surface area contributed by atoms with Crippen molar-refractivity contribution >= 4 is 0 Å². The van der Waals surface area contributed by atoms with Crippen molar-refractivity contribution in [3.8, 4) is 0 Å². The van der Waals surface area contributed by atoms with Crippen LogP contribution in [0, 0.1) is 6.92 Å². The highest BCUT2D eigenvalue weighted by Crippen LogP contribution is 2.17. The van der Waals surface area contributed by atoms with Crippen molar-refractivity contribution < 1.29 is 8.78 Å². The van der Waals surface area contributed by atoms with Gasteiger partial charge in [0.15, 0.2) is 0 Å². The summed E-state index contributed by atoms with van der Waals surface area (Å²) in [4.78, 5) is 0. The molecule has 0 aliphatic heterocycles. The van der Waals surface area contributed by atoms with Crippen LogP contribution in [0.1, 0.15) is 31.4 Å². The molecule has 12 heavy (non-hydrogen) atoms. The monoisotopic (exact) mass is 172 g/mol. The van der Waals surface area contributed by atoms with Crippen LogP contribution in [0.3, 0.4) is 0 Å². The molecule has 0 atom stereocenters. The van der Waals surface area contributed by atoms with Crippen LogP contribution in [0.4, 0.5) is 8.78 Å². The highest BCUT2D eigenvalue weighted by atomic mass is 19.3. The molecule has 0 nitrogen and oxygen atoms in total. The van der Waals surface area contributed by atoms with Crippen LogP contribution in [0.5, 0.6) is 0 Å². The lowest BCUT2D eigenvalue weighted by Gasteiger charge is -1.97. The highest BCUT2D eigenvalue weighted by Gasteiger charge is 2.03. The zero-order valence-corrected chi connectivity index (χ0v) is 7.64. The fourth-order valence-electron chi connectivity index (χ4n) is 0.712. The normalized spacial score (nSPS) is 9.17. The molecule has 0 spiro atoms. The summed E-state index contributed by atoms with van der Waals surface area (Å²) in [6, 6.07) is 6.25. The van der Waals surface area contributed by atoms with E-state index in [9.17, 15) is 8.78 Å². The Hall–Kier alpha value is -0.920. The summed E-state index contributed by atoms with van der Waals surface area (Å²) in [6.07, 6.45) is -2.35. The molecule has 1 aromatic rings. The first-order valence-corrected chi connectivity index (χ1v) is 4.05. The summed E-state index contributed by atoms with van der Waals surface area (Å²) < 4.78 is 23.8. The first kappa shape index (κ1) is 11.1. The Morgan fingerprint density at radius 2 is 1.42 bits per heavy atom. The van der Waals surface area contributed by atoms with Gasteiger partial charge in [-0.15, -0.1) is 0 Å². The Bertz CT molecular complexity index is 202. The molecule has 0 fully saturated rings. The SMILES string of the molecule is CC.Cc1ccc(C(F)F)cc1. The van der Waals surface area contributed by atoms with Gasteiger partial charge in [0.1, 0.15) is 0 Å². The maximum absolute atomic E-state index is 11.9. The molecule has 0 saturated heterocycles.